The molecule has 1 aromatic rings. The van der Waals surface area contributed by atoms with Crippen molar-refractivity contribution >= 4 is 5.97 Å². The second-order valence-corrected chi connectivity index (χ2v) is 5.90. The van der Waals surface area contributed by atoms with Crippen LogP contribution >= 0.6 is 0 Å². The molecule has 0 aliphatic carbocycles. The number of hydrogen-bond acceptors (Lipinski definition) is 5. The van der Waals surface area contributed by atoms with Crippen LogP contribution in [0.1, 0.15) is 31.9 Å². The minimum atomic E-state index is -0.797. The summed E-state index contributed by atoms with van der Waals surface area (Å²) in [4.78, 5) is 16.8. The van der Waals surface area contributed by atoms with Crippen LogP contribution in [0.5, 0.6) is 5.75 Å². The van der Waals surface area contributed by atoms with E-state index in [1.165, 1.54) is 0 Å². The number of ether oxygens (including phenoxy) is 2. The zero-order chi connectivity index (χ0) is 14.8. The third-order valence-electron chi connectivity index (χ3n) is 3.01. The summed E-state index contributed by atoms with van der Waals surface area (Å²) >= 11 is 0. The van der Waals surface area contributed by atoms with Crippen molar-refractivity contribution < 1.29 is 19.1 Å². The Morgan fingerprint density at radius 1 is 1.45 bits per heavy atom. The third-order valence-corrected chi connectivity index (χ3v) is 3.01. The van der Waals surface area contributed by atoms with Gasteiger partial charge in [-0.05, 0) is 38.0 Å². The number of esters is 1. The largest absolute Gasteiger partial charge is 0.493 e. The molecule has 2 N–H and O–H groups in total. The molecule has 2 rings (SSSR count). The van der Waals surface area contributed by atoms with Gasteiger partial charge in [0.1, 0.15) is 11.4 Å². The summed E-state index contributed by atoms with van der Waals surface area (Å²) in [6.45, 7) is 6.14. The Bertz CT molecular complexity index is 493. The van der Waals surface area contributed by atoms with Gasteiger partial charge < -0.3 is 9.47 Å². The van der Waals surface area contributed by atoms with E-state index in [9.17, 15) is 4.79 Å². The highest BCUT2D eigenvalue weighted by molar-refractivity contribution is 5.75. The maximum atomic E-state index is 12.0. The van der Waals surface area contributed by atoms with Crippen LogP contribution in [0.25, 0.3) is 0 Å². The van der Waals surface area contributed by atoms with Crippen molar-refractivity contribution in [3.63, 3.8) is 0 Å². The third kappa shape index (κ3) is 3.71. The van der Waals surface area contributed by atoms with Gasteiger partial charge in [-0.3, -0.25) is 4.84 Å². The zero-order valence-corrected chi connectivity index (χ0v) is 12.1. The maximum Gasteiger partial charge on any atom is 0.338 e. The standard InChI is InChI=1S/C15H21NO4/c1-15(2,3)19-14(17)13(20-16)9-10-4-5-12-11(8-10)6-7-18-12/h4-5,8,13H,6-7,9,16H2,1-3H3. The Kier molecular flexibility index (Phi) is 4.30. The Labute approximate surface area is 119 Å². The van der Waals surface area contributed by atoms with E-state index < -0.39 is 17.7 Å². The minimum absolute atomic E-state index is 0.388. The molecule has 1 aliphatic heterocycles. The molecular weight excluding hydrogens is 258 g/mol. The minimum Gasteiger partial charge on any atom is -0.493 e. The van der Waals surface area contributed by atoms with Crippen molar-refractivity contribution in [1.82, 2.24) is 0 Å². The van der Waals surface area contributed by atoms with Crippen LogP contribution in [0.15, 0.2) is 18.2 Å². The average molecular weight is 279 g/mol. The van der Waals surface area contributed by atoms with Crippen molar-refractivity contribution in [2.24, 2.45) is 5.90 Å². The van der Waals surface area contributed by atoms with Gasteiger partial charge in [-0.15, -0.1) is 0 Å². The van der Waals surface area contributed by atoms with Gasteiger partial charge in [0.05, 0.1) is 6.61 Å². The van der Waals surface area contributed by atoms with Gasteiger partial charge in [0.15, 0.2) is 6.10 Å². The Hall–Kier alpha value is -1.59. The zero-order valence-electron chi connectivity index (χ0n) is 12.1. The lowest BCUT2D eigenvalue weighted by Crippen LogP contribution is -2.36. The van der Waals surface area contributed by atoms with E-state index in [1.54, 1.807) is 0 Å². The number of carbonyl (C=O) groups excluding carboxylic acids is 1. The van der Waals surface area contributed by atoms with Crippen molar-refractivity contribution in [3.05, 3.63) is 29.3 Å². The molecule has 1 unspecified atom stereocenters. The van der Waals surface area contributed by atoms with E-state index in [2.05, 4.69) is 0 Å². The van der Waals surface area contributed by atoms with Gasteiger partial charge in [-0.2, -0.15) is 0 Å². The molecule has 1 heterocycles. The summed E-state index contributed by atoms with van der Waals surface area (Å²) in [5.41, 5.74) is 1.58. The Morgan fingerprint density at radius 2 is 2.20 bits per heavy atom. The highest BCUT2D eigenvalue weighted by Gasteiger charge is 2.26. The van der Waals surface area contributed by atoms with Crippen LogP contribution in [0.4, 0.5) is 0 Å². The first-order valence-electron chi connectivity index (χ1n) is 6.72. The topological polar surface area (TPSA) is 70.8 Å². The van der Waals surface area contributed by atoms with E-state index in [0.717, 1.165) is 23.3 Å². The summed E-state index contributed by atoms with van der Waals surface area (Å²) in [6.07, 6.45) is 0.484. The van der Waals surface area contributed by atoms with Crippen LogP contribution < -0.4 is 10.6 Å². The highest BCUT2D eigenvalue weighted by atomic mass is 16.7. The molecule has 5 nitrogen and oxygen atoms in total. The molecule has 0 fully saturated rings. The first-order chi connectivity index (χ1) is 9.39. The fraction of sp³-hybridized carbons (Fsp3) is 0.533. The van der Waals surface area contributed by atoms with Crippen LogP contribution in [-0.2, 0) is 27.2 Å². The SMILES string of the molecule is CC(C)(C)OC(=O)C(Cc1ccc2c(c1)CCO2)ON. The number of hydrogen-bond donors (Lipinski definition) is 1. The van der Waals surface area contributed by atoms with Gasteiger partial charge in [-0.1, -0.05) is 12.1 Å². The van der Waals surface area contributed by atoms with E-state index in [4.69, 9.17) is 20.2 Å². The highest BCUT2D eigenvalue weighted by Crippen LogP contribution is 2.26. The fourth-order valence-electron chi connectivity index (χ4n) is 2.14. The fourth-order valence-corrected chi connectivity index (χ4v) is 2.14. The predicted octanol–water partition coefficient (Wildman–Crippen LogP) is 1.76. The van der Waals surface area contributed by atoms with Crippen LogP contribution in [0.3, 0.4) is 0 Å². The number of fused-ring (bicyclic) bond motifs is 1. The van der Waals surface area contributed by atoms with Crippen molar-refractivity contribution in [2.45, 2.75) is 45.3 Å². The Balaban J connectivity index is 2.04. The number of benzene rings is 1. The summed E-state index contributed by atoms with van der Waals surface area (Å²) in [7, 11) is 0. The van der Waals surface area contributed by atoms with E-state index in [0.29, 0.717) is 13.0 Å². The molecule has 0 spiro atoms. The summed E-state index contributed by atoms with van der Waals surface area (Å²) in [5.74, 6) is 5.69. The second-order valence-electron chi connectivity index (χ2n) is 5.90. The quantitative estimate of drug-likeness (QED) is 0.672. The predicted molar refractivity (Wildman–Crippen MR) is 74.3 cm³/mol. The lowest BCUT2D eigenvalue weighted by atomic mass is 10.0. The maximum absolute atomic E-state index is 12.0. The second kappa shape index (κ2) is 5.81. The first kappa shape index (κ1) is 14.8. The lowest BCUT2D eigenvalue weighted by molar-refractivity contribution is -0.168. The monoisotopic (exact) mass is 279 g/mol. The van der Waals surface area contributed by atoms with Crippen LogP contribution in [0.2, 0.25) is 0 Å². The van der Waals surface area contributed by atoms with E-state index in [1.807, 2.05) is 39.0 Å². The molecule has 1 atom stereocenters. The van der Waals surface area contributed by atoms with Gasteiger partial charge in [0, 0.05) is 12.8 Å². The van der Waals surface area contributed by atoms with Crippen molar-refractivity contribution in [1.29, 1.82) is 0 Å². The molecule has 1 aromatic carbocycles. The van der Waals surface area contributed by atoms with Crippen molar-refractivity contribution in [3.8, 4) is 5.75 Å². The van der Waals surface area contributed by atoms with E-state index >= 15 is 0 Å². The van der Waals surface area contributed by atoms with E-state index in [-0.39, 0.29) is 0 Å². The number of carbonyl (C=O) groups is 1. The molecule has 0 radical (unpaired) electrons. The molecule has 110 valence electrons. The smallest absolute Gasteiger partial charge is 0.338 e. The summed E-state index contributed by atoms with van der Waals surface area (Å²) in [5, 5.41) is 0. The number of rotatable bonds is 4. The summed E-state index contributed by atoms with van der Waals surface area (Å²) in [6, 6.07) is 5.86. The normalized spacial score (nSPS) is 15.4. The summed E-state index contributed by atoms with van der Waals surface area (Å²) < 4.78 is 10.7. The Morgan fingerprint density at radius 3 is 2.85 bits per heavy atom. The molecule has 5 heteroatoms. The molecule has 1 aliphatic rings. The van der Waals surface area contributed by atoms with Gasteiger partial charge in [0.2, 0.25) is 0 Å². The molecule has 0 saturated heterocycles. The molecule has 0 aromatic heterocycles. The van der Waals surface area contributed by atoms with Gasteiger partial charge in [-0.25, -0.2) is 10.7 Å². The van der Waals surface area contributed by atoms with Gasteiger partial charge in [0.25, 0.3) is 0 Å². The number of nitrogens with two attached hydrogens (primary N) is 1. The van der Waals surface area contributed by atoms with Gasteiger partial charge >= 0.3 is 5.97 Å². The molecule has 0 amide bonds. The molecule has 0 bridgehead atoms. The molecular formula is C15H21NO4. The average Bonchev–Trinajstić information content (AvgIpc) is 2.80. The molecule has 20 heavy (non-hydrogen) atoms. The first-order valence-corrected chi connectivity index (χ1v) is 6.72. The van der Waals surface area contributed by atoms with Crippen LogP contribution in [-0.4, -0.2) is 24.3 Å². The lowest BCUT2D eigenvalue weighted by Gasteiger charge is -2.23. The molecule has 0 saturated carbocycles. The van der Waals surface area contributed by atoms with Crippen molar-refractivity contribution in [2.75, 3.05) is 6.61 Å². The van der Waals surface area contributed by atoms with Crippen LogP contribution in [0, 0.1) is 0 Å².